The minimum Gasteiger partial charge on any atom is -0.323 e. The van der Waals surface area contributed by atoms with Crippen LogP contribution in [-0.4, -0.2) is 11.3 Å². The summed E-state index contributed by atoms with van der Waals surface area (Å²) in [4.78, 5) is 0. The molecule has 50 valence electrons. The Morgan fingerprint density at radius 2 is 2.33 bits per heavy atom. The normalized spacial score (nSPS) is 34.3. The number of halogens is 1. The molecule has 3 heteroatoms. The Bertz CT molecular complexity index is 164. The molecule has 0 aromatic rings. The summed E-state index contributed by atoms with van der Waals surface area (Å²) in [6.07, 6.45) is 4.36. The molecular formula is C6H8FNS. The molecule has 0 amide bonds. The summed E-state index contributed by atoms with van der Waals surface area (Å²) in [6.45, 7) is 0. The molecule has 0 spiro atoms. The molecule has 1 rings (SSSR count). The minimum absolute atomic E-state index is 0.146. The van der Waals surface area contributed by atoms with Crippen LogP contribution in [0, 0.1) is 0 Å². The third-order valence-electron chi connectivity index (χ3n) is 1.20. The lowest BCUT2D eigenvalue weighted by molar-refractivity contribution is 0.645. The van der Waals surface area contributed by atoms with Crippen molar-refractivity contribution in [2.45, 2.75) is 11.3 Å². The molecule has 1 aliphatic rings. The number of hydrogen-bond acceptors (Lipinski definition) is 2. The van der Waals surface area contributed by atoms with Gasteiger partial charge >= 0.3 is 0 Å². The fourth-order valence-electron chi connectivity index (χ4n) is 0.647. The van der Waals surface area contributed by atoms with Gasteiger partial charge in [0.25, 0.3) is 0 Å². The molecular weight excluding hydrogens is 137 g/mol. The molecule has 9 heavy (non-hydrogen) atoms. The van der Waals surface area contributed by atoms with E-state index in [1.54, 1.807) is 6.08 Å². The number of nitrogens with two attached hydrogens (primary N) is 1. The van der Waals surface area contributed by atoms with Crippen molar-refractivity contribution in [3.63, 3.8) is 0 Å². The Morgan fingerprint density at radius 3 is 2.78 bits per heavy atom. The van der Waals surface area contributed by atoms with Crippen LogP contribution in [0.5, 0.6) is 0 Å². The lowest BCUT2D eigenvalue weighted by Crippen LogP contribution is -2.28. The van der Waals surface area contributed by atoms with Crippen molar-refractivity contribution >= 4 is 12.6 Å². The van der Waals surface area contributed by atoms with Crippen LogP contribution in [0.25, 0.3) is 0 Å². The van der Waals surface area contributed by atoms with Gasteiger partial charge in [0.1, 0.15) is 5.83 Å². The summed E-state index contributed by atoms with van der Waals surface area (Å²) in [5.41, 5.74) is 5.47. The number of allylic oxidation sites excluding steroid dienone is 2. The second-order valence-corrected chi connectivity index (χ2v) is 2.57. The molecule has 0 aliphatic heterocycles. The quantitative estimate of drug-likeness (QED) is 0.489. The highest BCUT2D eigenvalue weighted by atomic mass is 32.1. The van der Waals surface area contributed by atoms with E-state index in [0.29, 0.717) is 0 Å². The molecule has 0 bridgehead atoms. The molecule has 0 fully saturated rings. The first-order chi connectivity index (χ1) is 4.20. The van der Waals surface area contributed by atoms with Gasteiger partial charge < -0.3 is 5.73 Å². The van der Waals surface area contributed by atoms with Gasteiger partial charge in [0.05, 0.1) is 0 Å². The molecule has 2 atom stereocenters. The predicted molar refractivity (Wildman–Crippen MR) is 39.1 cm³/mol. The maximum atomic E-state index is 12.3. The van der Waals surface area contributed by atoms with Crippen LogP contribution in [0.1, 0.15) is 0 Å². The molecule has 2 N–H and O–H groups in total. The summed E-state index contributed by atoms with van der Waals surface area (Å²) in [5, 5.41) is -0.171. The van der Waals surface area contributed by atoms with Gasteiger partial charge in [-0.25, -0.2) is 4.39 Å². The van der Waals surface area contributed by atoms with Crippen LogP contribution < -0.4 is 5.73 Å². The first-order valence-corrected chi connectivity index (χ1v) is 3.21. The van der Waals surface area contributed by atoms with Gasteiger partial charge in [-0.3, -0.25) is 0 Å². The Labute approximate surface area is 58.8 Å². The van der Waals surface area contributed by atoms with Crippen LogP contribution in [0.3, 0.4) is 0 Å². The minimum atomic E-state index is -0.253. The third kappa shape index (κ3) is 1.56. The Hall–Kier alpha value is -0.280. The van der Waals surface area contributed by atoms with Crippen LogP contribution in [-0.2, 0) is 0 Å². The summed E-state index contributed by atoms with van der Waals surface area (Å²) >= 11 is 4.02. The summed E-state index contributed by atoms with van der Waals surface area (Å²) in [6, 6.07) is -0.146. The van der Waals surface area contributed by atoms with Crippen molar-refractivity contribution in [1.82, 2.24) is 0 Å². The second-order valence-electron chi connectivity index (χ2n) is 1.98. The van der Waals surface area contributed by atoms with Crippen molar-refractivity contribution in [2.75, 3.05) is 0 Å². The van der Waals surface area contributed by atoms with Gasteiger partial charge in [-0.05, 0) is 12.2 Å². The van der Waals surface area contributed by atoms with E-state index in [9.17, 15) is 4.39 Å². The van der Waals surface area contributed by atoms with E-state index < -0.39 is 0 Å². The lowest BCUT2D eigenvalue weighted by Gasteiger charge is -2.14. The van der Waals surface area contributed by atoms with Crippen LogP contribution in [0.4, 0.5) is 4.39 Å². The lowest BCUT2D eigenvalue weighted by atomic mass is 10.1. The largest absolute Gasteiger partial charge is 0.323 e. The topological polar surface area (TPSA) is 26.0 Å². The first-order valence-electron chi connectivity index (χ1n) is 2.69. The monoisotopic (exact) mass is 145 g/mol. The van der Waals surface area contributed by atoms with Crippen LogP contribution in [0.15, 0.2) is 24.1 Å². The second kappa shape index (κ2) is 2.54. The van der Waals surface area contributed by atoms with Gasteiger partial charge in [-0.15, -0.1) is 0 Å². The van der Waals surface area contributed by atoms with Gasteiger partial charge in [0.2, 0.25) is 0 Å². The van der Waals surface area contributed by atoms with E-state index in [-0.39, 0.29) is 17.1 Å². The van der Waals surface area contributed by atoms with E-state index in [1.165, 1.54) is 12.2 Å². The standard InChI is InChI=1S/C6H8FNS/c7-4-1-2-5(8)6(9)3-4/h1-3,5-6,9H,8H2. The van der Waals surface area contributed by atoms with Gasteiger partial charge in [-0.2, -0.15) is 12.6 Å². The molecule has 0 radical (unpaired) electrons. The molecule has 0 saturated heterocycles. The van der Waals surface area contributed by atoms with Crippen molar-refractivity contribution < 1.29 is 4.39 Å². The Balaban J connectivity index is 2.70. The molecule has 0 saturated carbocycles. The fourth-order valence-corrected chi connectivity index (χ4v) is 0.888. The van der Waals surface area contributed by atoms with Crippen LogP contribution in [0.2, 0.25) is 0 Å². The molecule has 1 aliphatic carbocycles. The van der Waals surface area contributed by atoms with Gasteiger partial charge in [-0.1, -0.05) is 6.08 Å². The summed E-state index contributed by atoms with van der Waals surface area (Å²) in [7, 11) is 0. The maximum Gasteiger partial charge on any atom is 0.120 e. The zero-order chi connectivity index (χ0) is 6.85. The molecule has 0 aromatic carbocycles. The number of hydrogen-bond donors (Lipinski definition) is 2. The highest BCUT2D eigenvalue weighted by molar-refractivity contribution is 7.81. The fraction of sp³-hybridized carbons (Fsp3) is 0.333. The Morgan fingerprint density at radius 1 is 1.67 bits per heavy atom. The molecule has 2 unspecified atom stereocenters. The zero-order valence-corrected chi connectivity index (χ0v) is 5.68. The van der Waals surface area contributed by atoms with E-state index in [1.807, 2.05) is 0 Å². The smallest absolute Gasteiger partial charge is 0.120 e. The highest BCUT2D eigenvalue weighted by Crippen LogP contribution is 2.14. The molecule has 0 heterocycles. The van der Waals surface area contributed by atoms with E-state index in [0.717, 1.165) is 0 Å². The van der Waals surface area contributed by atoms with Gasteiger partial charge in [0.15, 0.2) is 0 Å². The number of rotatable bonds is 0. The summed E-state index contributed by atoms with van der Waals surface area (Å²) < 4.78 is 12.3. The highest BCUT2D eigenvalue weighted by Gasteiger charge is 2.12. The molecule has 0 aromatic heterocycles. The van der Waals surface area contributed by atoms with Crippen molar-refractivity contribution in [2.24, 2.45) is 5.73 Å². The number of thiol groups is 1. The van der Waals surface area contributed by atoms with Gasteiger partial charge in [0, 0.05) is 11.3 Å². The van der Waals surface area contributed by atoms with E-state index in [4.69, 9.17) is 5.73 Å². The third-order valence-corrected chi connectivity index (χ3v) is 1.70. The average molecular weight is 145 g/mol. The maximum absolute atomic E-state index is 12.3. The van der Waals surface area contributed by atoms with E-state index >= 15 is 0 Å². The molecule has 1 nitrogen and oxygen atoms in total. The zero-order valence-electron chi connectivity index (χ0n) is 4.79. The Kier molecular flexibility index (Phi) is 1.93. The SMILES string of the molecule is NC1C=CC(F)=CC1S. The average Bonchev–Trinajstić information content (AvgIpc) is 1.80. The summed E-state index contributed by atoms with van der Waals surface area (Å²) in [5.74, 6) is -0.253. The predicted octanol–water partition coefficient (Wildman–Crippen LogP) is 1.04. The van der Waals surface area contributed by atoms with Crippen LogP contribution >= 0.6 is 12.6 Å². The van der Waals surface area contributed by atoms with Crippen molar-refractivity contribution in [3.05, 3.63) is 24.1 Å². The first kappa shape index (κ1) is 6.83. The van der Waals surface area contributed by atoms with Crippen molar-refractivity contribution in [1.29, 1.82) is 0 Å². The van der Waals surface area contributed by atoms with Crippen molar-refractivity contribution in [3.8, 4) is 0 Å². The van der Waals surface area contributed by atoms with E-state index in [2.05, 4.69) is 12.6 Å².